The number of benzene rings is 1. The van der Waals surface area contributed by atoms with Crippen LogP contribution in [0.25, 0.3) is 0 Å². The first-order chi connectivity index (χ1) is 16.4. The average Bonchev–Trinajstić information content (AvgIpc) is 3.47. The highest BCUT2D eigenvalue weighted by molar-refractivity contribution is 5.81. The number of aliphatic hydroxyl groups is 4. The lowest BCUT2D eigenvalue weighted by Crippen LogP contribution is -2.53. The fourth-order valence-corrected chi connectivity index (χ4v) is 5.63. The van der Waals surface area contributed by atoms with Crippen LogP contribution in [0.1, 0.15) is 36.3 Å². The number of aliphatic hydroxyl groups excluding tert-OH is 4. The van der Waals surface area contributed by atoms with Crippen LogP contribution in [0, 0.1) is 0 Å². The molecule has 0 spiro atoms. The maximum atomic E-state index is 13.4. The largest absolute Gasteiger partial charge is 0.454 e. The number of carbonyl (C=O) groups excluding carboxylic acids is 1. The van der Waals surface area contributed by atoms with Gasteiger partial charge in [0.15, 0.2) is 23.9 Å². The summed E-state index contributed by atoms with van der Waals surface area (Å²) < 4.78 is 28.7. The highest BCUT2D eigenvalue weighted by atomic mass is 16.7. The highest BCUT2D eigenvalue weighted by Crippen LogP contribution is 2.47. The molecule has 0 aromatic heterocycles. The molecular formula is C23H29NO10. The number of nitrogens with zero attached hydrogens (tertiary/aromatic N) is 1. The van der Waals surface area contributed by atoms with Crippen LogP contribution in [-0.2, 0) is 25.5 Å². The quantitative estimate of drug-likeness (QED) is 0.397. The molecule has 11 nitrogen and oxygen atoms in total. The molecule has 34 heavy (non-hydrogen) atoms. The summed E-state index contributed by atoms with van der Waals surface area (Å²) in [5, 5.41) is 40.6. The van der Waals surface area contributed by atoms with Crippen LogP contribution in [0.4, 0.5) is 0 Å². The van der Waals surface area contributed by atoms with E-state index in [1.165, 1.54) is 0 Å². The molecule has 0 saturated carbocycles. The van der Waals surface area contributed by atoms with Gasteiger partial charge >= 0.3 is 0 Å². The molecule has 3 fully saturated rings. The number of rotatable bonds is 3. The molecule has 0 aliphatic carbocycles. The third-order valence-corrected chi connectivity index (χ3v) is 7.55. The lowest BCUT2D eigenvalue weighted by atomic mass is 9.87. The Balaban J connectivity index is 1.27. The number of hydrogen-bond acceptors (Lipinski definition) is 10. The fourth-order valence-electron chi connectivity index (χ4n) is 5.63. The molecule has 5 aliphatic heterocycles. The number of ether oxygens (including phenoxy) is 5. The van der Waals surface area contributed by atoms with E-state index in [2.05, 4.69) is 0 Å². The van der Waals surface area contributed by atoms with Crippen LogP contribution in [0.5, 0.6) is 11.5 Å². The molecule has 1 amide bonds. The molecule has 2 bridgehead atoms. The summed E-state index contributed by atoms with van der Waals surface area (Å²) in [5.74, 6) is 0.934. The number of epoxide rings is 1. The Kier molecular flexibility index (Phi) is 5.68. The zero-order valence-electron chi connectivity index (χ0n) is 18.5. The average molecular weight is 479 g/mol. The minimum absolute atomic E-state index is 0.0483. The van der Waals surface area contributed by atoms with Gasteiger partial charge in [-0.3, -0.25) is 4.79 Å². The van der Waals surface area contributed by atoms with E-state index in [9.17, 15) is 25.2 Å². The lowest BCUT2D eigenvalue weighted by Gasteiger charge is -2.38. The Morgan fingerprint density at radius 2 is 1.88 bits per heavy atom. The maximum Gasteiger partial charge on any atom is 0.254 e. The summed E-state index contributed by atoms with van der Waals surface area (Å²) in [4.78, 5) is 15.0. The van der Waals surface area contributed by atoms with Gasteiger partial charge in [0.2, 0.25) is 6.79 Å². The van der Waals surface area contributed by atoms with E-state index in [1.807, 2.05) is 12.1 Å². The minimum Gasteiger partial charge on any atom is -0.454 e. The zero-order chi connectivity index (χ0) is 23.6. The second-order valence-corrected chi connectivity index (χ2v) is 9.63. The topological polar surface area (TPSA) is 151 Å². The molecular weight excluding hydrogens is 450 g/mol. The summed E-state index contributed by atoms with van der Waals surface area (Å²) >= 11 is 0. The van der Waals surface area contributed by atoms with Crippen molar-refractivity contribution in [3.05, 3.63) is 23.3 Å². The SMILES string of the molecule is O=C1[C@@H](O)[C@H](O[C@H]2C[C@@H](O)[C@@H](O)[C@@H](CO)O2)CC2OC2[C@H]2CCN1Cc1cc3c(cc12)OCO3. The van der Waals surface area contributed by atoms with Gasteiger partial charge in [-0.25, -0.2) is 0 Å². The third-order valence-electron chi connectivity index (χ3n) is 7.55. The van der Waals surface area contributed by atoms with Gasteiger partial charge in [-0.1, -0.05) is 0 Å². The molecule has 4 N–H and O–H groups in total. The monoisotopic (exact) mass is 479 g/mol. The van der Waals surface area contributed by atoms with Crippen molar-refractivity contribution in [2.45, 2.75) is 80.7 Å². The number of carbonyl (C=O) groups is 1. The summed E-state index contributed by atoms with van der Waals surface area (Å²) in [5.41, 5.74) is 2.01. The molecule has 0 radical (unpaired) electrons. The van der Waals surface area contributed by atoms with E-state index < -0.39 is 49.3 Å². The van der Waals surface area contributed by atoms with Gasteiger partial charge in [0.25, 0.3) is 5.91 Å². The van der Waals surface area contributed by atoms with Crippen LogP contribution >= 0.6 is 0 Å². The fraction of sp³-hybridized carbons (Fsp3) is 0.696. The smallest absolute Gasteiger partial charge is 0.254 e. The molecule has 186 valence electrons. The molecule has 5 aliphatic rings. The Hall–Kier alpha value is -1.99. The van der Waals surface area contributed by atoms with Crippen molar-refractivity contribution in [1.29, 1.82) is 0 Å². The first kappa shape index (κ1) is 22.5. The summed E-state index contributed by atoms with van der Waals surface area (Å²) in [7, 11) is 0. The molecule has 11 heteroatoms. The lowest BCUT2D eigenvalue weighted by molar-refractivity contribution is -0.277. The number of amides is 1. The van der Waals surface area contributed by atoms with Crippen LogP contribution in [0.3, 0.4) is 0 Å². The van der Waals surface area contributed by atoms with Crippen molar-refractivity contribution >= 4 is 5.91 Å². The minimum atomic E-state index is -1.46. The van der Waals surface area contributed by atoms with E-state index in [0.29, 0.717) is 31.0 Å². The van der Waals surface area contributed by atoms with Crippen LogP contribution in [0.2, 0.25) is 0 Å². The molecule has 2 unspecified atom stereocenters. The Morgan fingerprint density at radius 3 is 2.68 bits per heavy atom. The van der Waals surface area contributed by atoms with Gasteiger partial charge in [0.05, 0.1) is 31.0 Å². The molecule has 3 saturated heterocycles. The first-order valence-electron chi connectivity index (χ1n) is 11.8. The van der Waals surface area contributed by atoms with Crippen molar-refractivity contribution in [2.24, 2.45) is 0 Å². The Bertz CT molecular complexity index is 958. The molecule has 1 aromatic carbocycles. The van der Waals surface area contributed by atoms with Gasteiger partial charge in [-0.15, -0.1) is 0 Å². The summed E-state index contributed by atoms with van der Waals surface area (Å²) in [6.45, 7) is 0.444. The summed E-state index contributed by atoms with van der Waals surface area (Å²) in [6.07, 6.45) is -6.19. The molecule has 5 heterocycles. The highest BCUT2D eigenvalue weighted by Gasteiger charge is 2.51. The van der Waals surface area contributed by atoms with E-state index in [4.69, 9.17) is 23.7 Å². The van der Waals surface area contributed by atoms with Gasteiger partial charge in [0.1, 0.15) is 12.2 Å². The van der Waals surface area contributed by atoms with E-state index in [-0.39, 0.29) is 37.8 Å². The number of fused-ring (bicyclic) bond motifs is 8. The van der Waals surface area contributed by atoms with Crippen LogP contribution < -0.4 is 9.47 Å². The van der Waals surface area contributed by atoms with Gasteiger partial charge in [-0.05, 0) is 29.7 Å². The van der Waals surface area contributed by atoms with Gasteiger partial charge < -0.3 is 49.0 Å². The maximum absolute atomic E-state index is 13.4. The second-order valence-electron chi connectivity index (χ2n) is 9.63. The predicted octanol–water partition coefficient (Wildman–Crippen LogP) is -1.02. The zero-order valence-corrected chi connectivity index (χ0v) is 18.5. The predicted molar refractivity (Wildman–Crippen MR) is 112 cm³/mol. The van der Waals surface area contributed by atoms with E-state index >= 15 is 0 Å². The third kappa shape index (κ3) is 3.85. The van der Waals surface area contributed by atoms with E-state index in [1.54, 1.807) is 4.90 Å². The number of hydrogen-bond donors (Lipinski definition) is 4. The Morgan fingerprint density at radius 1 is 1.09 bits per heavy atom. The van der Waals surface area contributed by atoms with Crippen molar-refractivity contribution < 1.29 is 48.9 Å². The second kappa shape index (κ2) is 8.59. The van der Waals surface area contributed by atoms with Crippen molar-refractivity contribution in [2.75, 3.05) is 19.9 Å². The Labute approximate surface area is 195 Å². The van der Waals surface area contributed by atoms with Crippen molar-refractivity contribution in [3.63, 3.8) is 0 Å². The van der Waals surface area contributed by atoms with Crippen molar-refractivity contribution in [3.8, 4) is 11.5 Å². The first-order valence-corrected chi connectivity index (χ1v) is 11.8. The van der Waals surface area contributed by atoms with Gasteiger partial charge in [-0.2, -0.15) is 0 Å². The molecule has 6 rings (SSSR count). The molecule has 1 aromatic rings. The normalized spacial score (nSPS) is 41.0. The summed E-state index contributed by atoms with van der Waals surface area (Å²) in [6, 6.07) is 3.89. The molecule has 9 atom stereocenters. The van der Waals surface area contributed by atoms with Gasteiger partial charge in [0, 0.05) is 31.8 Å². The standard InChI is InChI=1S/C23H29NO10/c25-8-18-20(27)13(26)5-19(33-18)32-16-6-17-22(34-17)11-1-2-24(23(29)21(16)28)7-10-3-14-15(4-12(10)11)31-9-30-14/h3-4,11,13,16-22,25-28H,1-2,5-9H2/t11-,13+,16+,17?,18+,19+,20+,21-,22?/m0/s1. The van der Waals surface area contributed by atoms with Crippen molar-refractivity contribution in [1.82, 2.24) is 4.90 Å². The van der Waals surface area contributed by atoms with Crippen LogP contribution in [-0.4, -0.2) is 100 Å². The van der Waals surface area contributed by atoms with E-state index in [0.717, 1.165) is 11.1 Å². The van der Waals surface area contributed by atoms with Crippen LogP contribution in [0.15, 0.2) is 12.1 Å².